The first-order chi connectivity index (χ1) is 10.9. The van der Waals surface area contributed by atoms with Crippen molar-refractivity contribution in [2.75, 3.05) is 47.4 Å². The summed E-state index contributed by atoms with van der Waals surface area (Å²) in [7, 11) is 1.88. The quantitative estimate of drug-likeness (QED) is 0.596. The Balaban J connectivity index is 2.56. The van der Waals surface area contributed by atoms with Gasteiger partial charge in [0.05, 0.1) is 11.5 Å². The van der Waals surface area contributed by atoms with E-state index in [1.54, 1.807) is 0 Å². The Hall–Kier alpha value is -1.48. The Labute approximate surface area is 138 Å². The largest absolute Gasteiger partial charge is 0.383 e. The Morgan fingerprint density at radius 1 is 1.17 bits per heavy atom. The lowest BCUT2D eigenvalue weighted by atomic mass is 10.2. The fourth-order valence-corrected chi connectivity index (χ4v) is 2.86. The van der Waals surface area contributed by atoms with Crippen molar-refractivity contribution in [2.45, 2.75) is 11.3 Å². The third kappa shape index (κ3) is 7.08. The van der Waals surface area contributed by atoms with Gasteiger partial charge in [-0.15, -0.1) is 0 Å². The number of benzene rings is 1. The first-order valence-corrected chi connectivity index (χ1v) is 8.86. The molecular weight excluding hydrogens is 318 g/mol. The summed E-state index contributed by atoms with van der Waals surface area (Å²) < 4.78 is 31.2. The van der Waals surface area contributed by atoms with E-state index in [9.17, 15) is 13.2 Å². The monoisotopic (exact) mass is 343 g/mol. The van der Waals surface area contributed by atoms with Crippen LogP contribution in [0.2, 0.25) is 0 Å². The number of methoxy groups -OCH3 is 1. The SMILES string of the molecule is COCCNS(=O)(=O)c1ccc(C(=O)NCCCN(C)C)cc1. The molecule has 1 rings (SSSR count). The fraction of sp³-hybridized carbons (Fsp3) is 0.533. The summed E-state index contributed by atoms with van der Waals surface area (Å²) >= 11 is 0. The summed E-state index contributed by atoms with van der Waals surface area (Å²) in [6.07, 6.45) is 0.856. The molecule has 2 N–H and O–H groups in total. The number of hydrogen-bond donors (Lipinski definition) is 2. The second-order valence-electron chi connectivity index (χ2n) is 5.33. The number of hydrogen-bond acceptors (Lipinski definition) is 5. The predicted octanol–water partition coefficient (Wildman–Crippen LogP) is 0.293. The number of nitrogens with one attached hydrogen (secondary N) is 2. The number of ether oxygens (including phenoxy) is 1. The predicted molar refractivity (Wildman–Crippen MR) is 89.0 cm³/mol. The van der Waals surface area contributed by atoms with Crippen molar-refractivity contribution in [1.82, 2.24) is 14.9 Å². The summed E-state index contributed by atoms with van der Waals surface area (Å²) in [5, 5.41) is 2.81. The van der Waals surface area contributed by atoms with Crippen LogP contribution in [0.4, 0.5) is 0 Å². The molecule has 7 nitrogen and oxygen atoms in total. The van der Waals surface area contributed by atoms with Gasteiger partial charge >= 0.3 is 0 Å². The summed E-state index contributed by atoms with van der Waals surface area (Å²) in [5.74, 6) is -0.208. The highest BCUT2D eigenvalue weighted by atomic mass is 32.2. The van der Waals surface area contributed by atoms with E-state index in [1.165, 1.54) is 31.4 Å². The van der Waals surface area contributed by atoms with Crippen LogP contribution in [0.15, 0.2) is 29.2 Å². The van der Waals surface area contributed by atoms with Crippen LogP contribution in [0.3, 0.4) is 0 Å². The van der Waals surface area contributed by atoms with Crippen LogP contribution >= 0.6 is 0 Å². The molecule has 0 aliphatic carbocycles. The highest BCUT2D eigenvalue weighted by Gasteiger charge is 2.14. The number of amides is 1. The van der Waals surface area contributed by atoms with Crippen LogP contribution in [-0.2, 0) is 14.8 Å². The smallest absolute Gasteiger partial charge is 0.251 e. The van der Waals surface area contributed by atoms with Crippen LogP contribution in [0, 0.1) is 0 Å². The van der Waals surface area contributed by atoms with Crippen LogP contribution in [0.25, 0.3) is 0 Å². The standard InChI is InChI=1S/C15H25N3O4S/c1-18(2)11-4-9-16-15(19)13-5-7-14(8-6-13)23(20,21)17-10-12-22-3/h5-8,17H,4,9-12H2,1-3H3,(H,16,19). The van der Waals surface area contributed by atoms with E-state index in [-0.39, 0.29) is 17.3 Å². The first kappa shape index (κ1) is 19.6. The molecule has 0 unspecified atom stereocenters. The highest BCUT2D eigenvalue weighted by Crippen LogP contribution is 2.10. The molecule has 0 radical (unpaired) electrons. The zero-order valence-corrected chi connectivity index (χ0v) is 14.6. The van der Waals surface area contributed by atoms with Crippen LogP contribution in [-0.4, -0.2) is 66.7 Å². The van der Waals surface area contributed by atoms with Gasteiger partial charge in [0, 0.05) is 25.8 Å². The van der Waals surface area contributed by atoms with Crippen molar-refractivity contribution in [3.05, 3.63) is 29.8 Å². The molecule has 0 aliphatic rings. The van der Waals surface area contributed by atoms with Crippen molar-refractivity contribution in [1.29, 1.82) is 0 Å². The lowest BCUT2D eigenvalue weighted by Crippen LogP contribution is -2.28. The third-order valence-electron chi connectivity index (χ3n) is 3.09. The van der Waals surface area contributed by atoms with Gasteiger partial charge in [-0.05, 0) is 51.3 Å². The first-order valence-electron chi connectivity index (χ1n) is 7.38. The molecule has 8 heteroatoms. The molecule has 0 atom stereocenters. The lowest BCUT2D eigenvalue weighted by molar-refractivity contribution is 0.0952. The van der Waals surface area contributed by atoms with Gasteiger partial charge in [0.15, 0.2) is 0 Å². The molecule has 23 heavy (non-hydrogen) atoms. The van der Waals surface area contributed by atoms with Crippen molar-refractivity contribution in [2.24, 2.45) is 0 Å². The zero-order valence-electron chi connectivity index (χ0n) is 13.8. The maximum absolute atomic E-state index is 12.0. The molecule has 1 aromatic carbocycles. The molecule has 1 aromatic rings. The molecule has 130 valence electrons. The Morgan fingerprint density at radius 3 is 2.39 bits per heavy atom. The normalized spacial score (nSPS) is 11.7. The summed E-state index contributed by atoms with van der Waals surface area (Å²) in [5.41, 5.74) is 0.436. The second-order valence-corrected chi connectivity index (χ2v) is 7.09. The Morgan fingerprint density at radius 2 is 1.83 bits per heavy atom. The molecule has 0 fully saturated rings. The van der Waals surface area contributed by atoms with Gasteiger partial charge in [-0.2, -0.15) is 0 Å². The molecule has 0 saturated heterocycles. The van der Waals surface area contributed by atoms with Gasteiger partial charge < -0.3 is 15.0 Å². The van der Waals surface area contributed by atoms with Crippen molar-refractivity contribution >= 4 is 15.9 Å². The molecule has 0 saturated carbocycles. The molecule has 0 aromatic heterocycles. The number of carbonyl (C=O) groups is 1. The maximum atomic E-state index is 12.0. The van der Waals surface area contributed by atoms with E-state index < -0.39 is 10.0 Å². The van der Waals surface area contributed by atoms with Crippen LogP contribution < -0.4 is 10.0 Å². The van der Waals surface area contributed by atoms with Gasteiger partial charge in [-0.25, -0.2) is 13.1 Å². The average molecular weight is 343 g/mol. The lowest BCUT2D eigenvalue weighted by Gasteiger charge is -2.10. The average Bonchev–Trinajstić information content (AvgIpc) is 2.51. The van der Waals surface area contributed by atoms with Crippen LogP contribution in [0.5, 0.6) is 0 Å². The van der Waals surface area contributed by atoms with E-state index in [0.717, 1.165) is 13.0 Å². The van der Waals surface area contributed by atoms with Crippen LogP contribution in [0.1, 0.15) is 16.8 Å². The topological polar surface area (TPSA) is 87.7 Å². The maximum Gasteiger partial charge on any atom is 0.251 e. The van der Waals surface area contributed by atoms with Gasteiger partial charge in [-0.3, -0.25) is 4.79 Å². The summed E-state index contributed by atoms with van der Waals surface area (Å²) in [4.78, 5) is 14.1. The summed E-state index contributed by atoms with van der Waals surface area (Å²) in [6.45, 7) is 1.97. The molecule has 1 amide bonds. The zero-order chi connectivity index (χ0) is 17.3. The summed E-state index contributed by atoms with van der Waals surface area (Å²) in [6, 6.07) is 5.85. The molecule has 0 bridgehead atoms. The number of nitrogens with zero attached hydrogens (tertiary/aromatic N) is 1. The van der Waals surface area contributed by atoms with E-state index in [1.807, 2.05) is 19.0 Å². The molecule has 0 heterocycles. The minimum atomic E-state index is -3.57. The number of rotatable bonds is 10. The third-order valence-corrected chi connectivity index (χ3v) is 4.57. The van der Waals surface area contributed by atoms with Crippen molar-refractivity contribution in [3.8, 4) is 0 Å². The fourth-order valence-electron chi connectivity index (χ4n) is 1.85. The van der Waals surface area contributed by atoms with E-state index >= 15 is 0 Å². The number of carbonyl (C=O) groups excluding carboxylic acids is 1. The van der Waals surface area contributed by atoms with E-state index in [0.29, 0.717) is 18.7 Å². The Kier molecular flexibility index (Phi) is 8.18. The molecular formula is C15H25N3O4S. The molecule has 0 aliphatic heterocycles. The minimum absolute atomic E-state index is 0.123. The van der Waals surface area contributed by atoms with E-state index in [4.69, 9.17) is 4.74 Å². The van der Waals surface area contributed by atoms with Gasteiger partial charge in [0.2, 0.25) is 10.0 Å². The van der Waals surface area contributed by atoms with Crippen molar-refractivity contribution < 1.29 is 17.9 Å². The van der Waals surface area contributed by atoms with Crippen molar-refractivity contribution in [3.63, 3.8) is 0 Å². The minimum Gasteiger partial charge on any atom is -0.383 e. The Bertz CT molecular complexity index is 585. The molecule has 0 spiro atoms. The second kappa shape index (κ2) is 9.61. The number of sulfonamides is 1. The van der Waals surface area contributed by atoms with Gasteiger partial charge in [0.25, 0.3) is 5.91 Å². The van der Waals surface area contributed by atoms with Gasteiger partial charge in [0.1, 0.15) is 0 Å². The highest BCUT2D eigenvalue weighted by molar-refractivity contribution is 7.89. The van der Waals surface area contributed by atoms with E-state index in [2.05, 4.69) is 10.0 Å². The van der Waals surface area contributed by atoms with Gasteiger partial charge in [-0.1, -0.05) is 0 Å².